The van der Waals surface area contributed by atoms with Gasteiger partial charge in [-0.15, -0.1) is 0 Å². The maximum Gasteiger partial charge on any atom is 0.342 e. The Hall–Kier alpha value is -2.04. The van der Waals surface area contributed by atoms with Crippen LogP contribution in [0, 0.1) is 0 Å². The lowest BCUT2D eigenvalue weighted by molar-refractivity contribution is 0.00668. The molecule has 0 heterocycles. The summed E-state index contributed by atoms with van der Waals surface area (Å²) in [5.74, 6) is -2.22. The van der Waals surface area contributed by atoms with E-state index in [9.17, 15) is 14.7 Å². The highest BCUT2D eigenvalue weighted by atomic mass is 16.6. The highest BCUT2D eigenvalue weighted by Gasteiger charge is 2.21. The van der Waals surface area contributed by atoms with E-state index in [1.54, 1.807) is 20.8 Å². The van der Waals surface area contributed by atoms with E-state index in [1.807, 2.05) is 0 Å². The van der Waals surface area contributed by atoms with E-state index in [2.05, 4.69) is 0 Å². The zero-order valence-electron chi connectivity index (χ0n) is 9.85. The molecule has 0 aromatic heterocycles. The molecule has 0 radical (unpaired) electrons. The second-order valence-electron chi connectivity index (χ2n) is 4.54. The zero-order chi connectivity index (χ0) is 13.2. The Morgan fingerprint density at radius 1 is 1.24 bits per heavy atom. The van der Waals surface area contributed by atoms with Gasteiger partial charge in [-0.1, -0.05) is 0 Å². The molecule has 2 N–H and O–H groups in total. The van der Waals surface area contributed by atoms with Crippen molar-refractivity contribution in [2.75, 3.05) is 0 Å². The summed E-state index contributed by atoms with van der Waals surface area (Å²) < 4.78 is 5.05. The normalized spacial score (nSPS) is 11.0. The molecule has 1 aromatic carbocycles. The Morgan fingerprint density at radius 2 is 1.82 bits per heavy atom. The van der Waals surface area contributed by atoms with Crippen molar-refractivity contribution in [3.05, 3.63) is 29.3 Å². The number of phenols is 1. The summed E-state index contributed by atoms with van der Waals surface area (Å²) in [5, 5.41) is 18.3. The topological polar surface area (TPSA) is 83.8 Å². The predicted octanol–water partition coefficient (Wildman–Crippen LogP) is 2.05. The average molecular weight is 238 g/mol. The largest absolute Gasteiger partial charge is 0.507 e. The van der Waals surface area contributed by atoms with Gasteiger partial charge in [0.15, 0.2) is 0 Å². The number of benzene rings is 1. The number of aromatic carboxylic acids is 1. The van der Waals surface area contributed by atoms with Crippen LogP contribution in [0.4, 0.5) is 0 Å². The van der Waals surface area contributed by atoms with Gasteiger partial charge in [0.2, 0.25) is 0 Å². The van der Waals surface area contributed by atoms with Crippen molar-refractivity contribution < 1.29 is 24.5 Å². The first-order valence-electron chi connectivity index (χ1n) is 5.00. The predicted molar refractivity (Wildman–Crippen MR) is 60.2 cm³/mol. The molecule has 0 unspecified atom stereocenters. The minimum absolute atomic E-state index is 0.0799. The number of carbonyl (C=O) groups excluding carboxylic acids is 1. The minimum atomic E-state index is -1.17. The van der Waals surface area contributed by atoms with Gasteiger partial charge < -0.3 is 14.9 Å². The number of esters is 1. The molecule has 1 aromatic rings. The zero-order valence-corrected chi connectivity index (χ0v) is 9.85. The lowest BCUT2D eigenvalue weighted by atomic mass is 10.1. The third-order valence-corrected chi connectivity index (χ3v) is 1.86. The van der Waals surface area contributed by atoms with Gasteiger partial charge in [-0.05, 0) is 39.0 Å². The first-order valence-corrected chi connectivity index (χ1v) is 5.00. The molecule has 0 atom stereocenters. The average Bonchev–Trinajstić information content (AvgIpc) is 2.14. The van der Waals surface area contributed by atoms with Gasteiger partial charge in [-0.3, -0.25) is 0 Å². The highest BCUT2D eigenvalue weighted by molar-refractivity contribution is 5.96. The van der Waals surface area contributed by atoms with E-state index in [4.69, 9.17) is 9.84 Å². The van der Waals surface area contributed by atoms with Gasteiger partial charge in [-0.2, -0.15) is 0 Å². The van der Waals surface area contributed by atoms with Crippen LogP contribution < -0.4 is 0 Å². The number of carboxylic acid groups (broad SMARTS) is 1. The first-order chi connectivity index (χ1) is 7.70. The molecule has 0 aliphatic heterocycles. The fraction of sp³-hybridized carbons (Fsp3) is 0.333. The summed E-state index contributed by atoms with van der Waals surface area (Å²) in [5.41, 5.74) is -0.938. The minimum Gasteiger partial charge on any atom is -0.507 e. The summed E-state index contributed by atoms with van der Waals surface area (Å²) >= 11 is 0. The summed E-state index contributed by atoms with van der Waals surface area (Å²) in [6.45, 7) is 5.05. The van der Waals surface area contributed by atoms with Crippen molar-refractivity contribution in [1.29, 1.82) is 0 Å². The van der Waals surface area contributed by atoms with Gasteiger partial charge >= 0.3 is 11.9 Å². The Balaban J connectivity index is 3.08. The summed E-state index contributed by atoms with van der Waals surface area (Å²) in [4.78, 5) is 22.4. The summed E-state index contributed by atoms with van der Waals surface area (Å²) in [6, 6.07) is 3.46. The molecule has 0 aliphatic rings. The van der Waals surface area contributed by atoms with Crippen LogP contribution in [0.1, 0.15) is 41.5 Å². The lowest BCUT2D eigenvalue weighted by Crippen LogP contribution is -2.24. The van der Waals surface area contributed by atoms with E-state index in [1.165, 1.54) is 6.07 Å². The Kier molecular flexibility index (Phi) is 3.41. The van der Waals surface area contributed by atoms with Crippen LogP contribution in [0.15, 0.2) is 18.2 Å². The summed E-state index contributed by atoms with van der Waals surface area (Å²) in [6.07, 6.45) is 0. The third-order valence-electron chi connectivity index (χ3n) is 1.86. The lowest BCUT2D eigenvalue weighted by Gasteiger charge is -2.19. The number of carboxylic acids is 1. The van der Waals surface area contributed by atoms with E-state index in [0.717, 1.165) is 12.1 Å². The van der Waals surface area contributed by atoms with Crippen molar-refractivity contribution in [3.8, 4) is 5.75 Å². The number of phenolic OH excluding ortho intramolecular Hbond substituents is 1. The van der Waals surface area contributed by atoms with Gasteiger partial charge in [0.25, 0.3) is 0 Å². The van der Waals surface area contributed by atoms with Gasteiger partial charge in [-0.25, -0.2) is 9.59 Å². The third kappa shape index (κ3) is 3.48. The molecule has 0 bridgehead atoms. The van der Waals surface area contributed by atoms with Crippen LogP contribution in [-0.4, -0.2) is 27.8 Å². The number of hydrogen-bond donors (Lipinski definition) is 2. The van der Waals surface area contributed by atoms with Crippen LogP contribution >= 0.6 is 0 Å². The van der Waals surface area contributed by atoms with Crippen LogP contribution in [-0.2, 0) is 4.74 Å². The van der Waals surface area contributed by atoms with Gasteiger partial charge in [0.1, 0.15) is 16.9 Å². The first kappa shape index (κ1) is 13.0. The Morgan fingerprint density at radius 3 is 2.29 bits per heavy atom. The van der Waals surface area contributed by atoms with E-state index < -0.39 is 17.5 Å². The number of hydrogen-bond acceptors (Lipinski definition) is 4. The maximum atomic E-state index is 11.7. The molecule has 0 spiro atoms. The van der Waals surface area contributed by atoms with Crippen LogP contribution in [0.3, 0.4) is 0 Å². The van der Waals surface area contributed by atoms with Gasteiger partial charge in [0.05, 0.1) is 5.56 Å². The van der Waals surface area contributed by atoms with Crippen LogP contribution in [0.25, 0.3) is 0 Å². The molecule has 5 heteroatoms. The second-order valence-corrected chi connectivity index (χ2v) is 4.54. The molecule has 0 fully saturated rings. The van der Waals surface area contributed by atoms with E-state index in [0.29, 0.717) is 0 Å². The smallest absolute Gasteiger partial charge is 0.342 e. The van der Waals surface area contributed by atoms with Crippen molar-refractivity contribution in [3.63, 3.8) is 0 Å². The van der Waals surface area contributed by atoms with E-state index >= 15 is 0 Å². The molecule has 5 nitrogen and oxygen atoms in total. The molecule has 0 saturated heterocycles. The molecule has 92 valence electrons. The number of rotatable bonds is 2. The molecule has 0 amide bonds. The van der Waals surface area contributed by atoms with Crippen molar-refractivity contribution in [1.82, 2.24) is 0 Å². The number of aromatic hydroxyl groups is 1. The fourth-order valence-electron chi connectivity index (χ4n) is 1.17. The van der Waals surface area contributed by atoms with Crippen molar-refractivity contribution >= 4 is 11.9 Å². The monoisotopic (exact) mass is 238 g/mol. The Labute approximate surface area is 98.6 Å². The maximum absolute atomic E-state index is 11.7. The van der Waals surface area contributed by atoms with Crippen molar-refractivity contribution in [2.45, 2.75) is 26.4 Å². The Bertz CT molecular complexity index is 456. The molecular formula is C12H14O5. The molecule has 17 heavy (non-hydrogen) atoms. The standard InChI is InChI=1S/C12H14O5/c1-12(2,3)17-11(16)8-6-7(10(14)15)4-5-9(8)13/h4-6,13H,1-3H3,(H,14,15). The summed E-state index contributed by atoms with van der Waals surface area (Å²) in [7, 11) is 0. The molecule has 0 aliphatic carbocycles. The molecule has 1 rings (SSSR count). The van der Waals surface area contributed by atoms with Crippen molar-refractivity contribution in [2.24, 2.45) is 0 Å². The quantitative estimate of drug-likeness (QED) is 0.770. The fourth-order valence-corrected chi connectivity index (χ4v) is 1.17. The second kappa shape index (κ2) is 4.45. The van der Waals surface area contributed by atoms with Crippen LogP contribution in [0.5, 0.6) is 5.75 Å². The SMILES string of the molecule is CC(C)(C)OC(=O)c1cc(C(=O)O)ccc1O. The van der Waals surface area contributed by atoms with E-state index in [-0.39, 0.29) is 16.9 Å². The van der Waals surface area contributed by atoms with Gasteiger partial charge in [0, 0.05) is 0 Å². The number of ether oxygens (including phenoxy) is 1. The molecule has 0 saturated carbocycles. The molecular weight excluding hydrogens is 224 g/mol. The highest BCUT2D eigenvalue weighted by Crippen LogP contribution is 2.22. The van der Waals surface area contributed by atoms with Crippen LogP contribution in [0.2, 0.25) is 0 Å². The number of carbonyl (C=O) groups is 2.